The van der Waals surface area contributed by atoms with Crippen LogP contribution in [0.5, 0.6) is 5.75 Å². The third-order valence-corrected chi connectivity index (χ3v) is 12.8. The van der Waals surface area contributed by atoms with Crippen molar-refractivity contribution < 1.29 is 29.4 Å². The lowest BCUT2D eigenvalue weighted by Gasteiger charge is -2.62. The Labute approximate surface area is 337 Å². The van der Waals surface area contributed by atoms with Gasteiger partial charge in [0.2, 0.25) is 11.8 Å². The van der Waals surface area contributed by atoms with E-state index in [4.69, 9.17) is 9.57 Å². The molecule has 0 aromatic heterocycles. The summed E-state index contributed by atoms with van der Waals surface area (Å²) in [7, 11) is 7.63. The smallest absolute Gasteiger partial charge is 0.244 e. The van der Waals surface area contributed by atoms with Gasteiger partial charge in [-0.3, -0.25) is 14.4 Å². The fraction of sp³-hybridized carbons (Fsp3) is 0.689. The van der Waals surface area contributed by atoms with Gasteiger partial charge >= 0.3 is 0 Å². The highest BCUT2D eigenvalue weighted by Gasteiger charge is 2.57. The second-order valence-electron chi connectivity index (χ2n) is 18.0. The van der Waals surface area contributed by atoms with Crippen LogP contribution in [0, 0.1) is 35.0 Å². The first-order chi connectivity index (χ1) is 26.4. The van der Waals surface area contributed by atoms with Crippen molar-refractivity contribution in [2.75, 3.05) is 47.9 Å². The van der Waals surface area contributed by atoms with Gasteiger partial charge < -0.3 is 35.4 Å². The summed E-state index contributed by atoms with van der Waals surface area (Å²) < 4.78 is 6.12. The zero-order valence-corrected chi connectivity index (χ0v) is 36.2. The van der Waals surface area contributed by atoms with Crippen molar-refractivity contribution in [3.05, 3.63) is 59.8 Å². The minimum atomic E-state index is -0.906. The van der Waals surface area contributed by atoms with Crippen LogP contribution in [0.25, 0.3) is 5.57 Å². The molecule has 11 heteroatoms. The Balaban J connectivity index is 1.67. The van der Waals surface area contributed by atoms with Crippen LogP contribution in [-0.2, 0) is 21.0 Å². The molecule has 3 aliphatic carbocycles. The molecule has 1 saturated heterocycles. The van der Waals surface area contributed by atoms with Gasteiger partial charge in [0.25, 0.3) is 0 Å². The van der Waals surface area contributed by atoms with Crippen molar-refractivity contribution >= 4 is 17.4 Å². The quantitative estimate of drug-likeness (QED) is 0.0985. The monoisotopic (exact) mass is 780 g/mol. The molecule has 5 rings (SSSR count). The molecule has 0 unspecified atom stereocenters. The maximum Gasteiger partial charge on any atom is 0.244 e. The number of methoxy groups -OCH3 is 1. The van der Waals surface area contributed by atoms with Crippen LogP contribution in [0.3, 0.4) is 0 Å². The summed E-state index contributed by atoms with van der Waals surface area (Å²) in [5, 5.41) is 29.6. The van der Waals surface area contributed by atoms with Gasteiger partial charge in [0, 0.05) is 61.0 Å². The highest BCUT2D eigenvalue weighted by atomic mass is 16.7. The molecule has 0 radical (unpaired) electrons. The molecular formula is C45H73N5O6. The van der Waals surface area contributed by atoms with Crippen molar-refractivity contribution in [3.8, 4) is 5.75 Å². The van der Waals surface area contributed by atoms with Crippen LogP contribution < -0.4 is 15.4 Å². The van der Waals surface area contributed by atoms with Crippen LogP contribution in [-0.4, -0.2) is 115 Å². The lowest BCUT2D eigenvalue weighted by atomic mass is 9.45. The van der Waals surface area contributed by atoms with Gasteiger partial charge in [-0.2, -0.15) is 5.06 Å². The van der Waals surface area contributed by atoms with Gasteiger partial charge in [-0.25, -0.2) is 0 Å². The molecule has 4 aliphatic rings. The predicted molar refractivity (Wildman–Crippen MR) is 224 cm³/mol. The summed E-state index contributed by atoms with van der Waals surface area (Å²) in [5.74, 6) is 1.40. The predicted octanol–water partition coefficient (Wildman–Crippen LogP) is 5.63. The lowest BCUT2D eigenvalue weighted by molar-refractivity contribution is -0.183. The number of rotatable bonds is 20. The molecule has 2 bridgehead atoms. The number of hydrogen-bond acceptors (Lipinski definition) is 9. The first kappa shape index (κ1) is 45.5. The van der Waals surface area contributed by atoms with Gasteiger partial charge in [-0.05, 0) is 93.5 Å². The number of nitrogens with one attached hydrogen (secondary N) is 2. The number of hydrogen-bond donors (Lipinski definition) is 4. The lowest BCUT2D eigenvalue weighted by Crippen LogP contribution is -2.62. The number of aliphatic hydroxyl groups is 2. The number of hydroxylamine groups is 2. The Kier molecular flexibility index (Phi) is 16.2. The number of benzene rings is 1. The number of carbonyl (C=O) groups is 2. The van der Waals surface area contributed by atoms with Crippen molar-refractivity contribution in [2.45, 2.75) is 117 Å². The molecule has 1 aliphatic heterocycles. The Bertz CT molecular complexity index is 1540. The maximum atomic E-state index is 14.3. The van der Waals surface area contributed by atoms with E-state index in [1.165, 1.54) is 6.42 Å². The molecule has 0 spiro atoms. The third kappa shape index (κ3) is 10.8. The van der Waals surface area contributed by atoms with Crippen LogP contribution in [0.4, 0.5) is 0 Å². The number of amides is 2. The van der Waals surface area contributed by atoms with E-state index < -0.39 is 24.2 Å². The Morgan fingerprint density at radius 2 is 1.88 bits per heavy atom. The fourth-order valence-corrected chi connectivity index (χ4v) is 9.48. The Morgan fingerprint density at radius 3 is 2.45 bits per heavy atom. The van der Waals surface area contributed by atoms with Crippen LogP contribution in [0.15, 0.2) is 48.7 Å². The highest BCUT2D eigenvalue weighted by molar-refractivity contribution is 5.92. The first-order valence-electron chi connectivity index (χ1n) is 20.9. The summed E-state index contributed by atoms with van der Waals surface area (Å²) >= 11 is 0. The molecule has 1 aromatic rings. The molecule has 3 saturated carbocycles. The number of nitrogens with zero attached hydrogens (tertiary/aromatic N) is 3. The normalized spacial score (nSPS) is 27.3. The van der Waals surface area contributed by atoms with Gasteiger partial charge in [0.15, 0.2) is 0 Å². The number of para-hydroxylation sites is 1. The molecule has 4 N–H and O–H groups in total. The minimum Gasteiger partial charge on any atom is -0.496 e. The second-order valence-corrected chi connectivity index (χ2v) is 18.0. The topological polar surface area (TPSA) is 127 Å². The van der Waals surface area contributed by atoms with Crippen molar-refractivity contribution in [2.24, 2.45) is 35.0 Å². The largest absolute Gasteiger partial charge is 0.496 e. The average molecular weight is 780 g/mol. The number of carbonyl (C=O) groups excluding carboxylic acids is 2. The van der Waals surface area contributed by atoms with E-state index >= 15 is 0 Å². The number of allylic oxidation sites excluding steroid dienone is 3. The van der Waals surface area contributed by atoms with Crippen LogP contribution in [0.2, 0.25) is 0 Å². The molecule has 314 valence electrons. The highest BCUT2D eigenvalue weighted by Crippen LogP contribution is 2.61. The number of fused-ring (bicyclic) bond motifs is 2. The average Bonchev–Trinajstić information content (AvgIpc) is 3.50. The fourth-order valence-electron chi connectivity index (χ4n) is 9.48. The van der Waals surface area contributed by atoms with E-state index in [9.17, 15) is 19.8 Å². The standard InChI is InChI=1S/C45H73N5O6/c1-13-14-20-49(11)29(4)22-32(18-19-40(53)46-35(21-28(2)3)26-48(9)10)36-17-15-16-33(43(36)55-12)25-50-42(41(31(6)52)39(27-51)56-50)44(54)47-38-24-34-23-37(30(38)5)45(34,7)8/h15-19,22,28,30-31,34-35,37-39,41-42,51-52H,4,13-14,20-21,23-27H2,1-3,5-12H3,(H,46,53)(H,47,54)/b19-18+,32-22+/t30-,31-,34-,35-,37-,38-,39-,41+,42-/m0/s1. The Morgan fingerprint density at radius 1 is 1.16 bits per heavy atom. The molecular weight excluding hydrogens is 707 g/mol. The summed E-state index contributed by atoms with van der Waals surface area (Å²) in [6.45, 7) is 20.8. The van der Waals surface area contributed by atoms with E-state index in [1.807, 2.05) is 51.5 Å². The van der Waals surface area contributed by atoms with Crippen molar-refractivity contribution in [1.29, 1.82) is 0 Å². The first-order valence-corrected chi connectivity index (χ1v) is 20.9. The van der Waals surface area contributed by atoms with E-state index in [-0.39, 0.29) is 42.5 Å². The van der Waals surface area contributed by atoms with E-state index in [2.05, 4.69) is 68.6 Å². The second kappa shape index (κ2) is 20.0. The molecule has 56 heavy (non-hydrogen) atoms. The van der Waals surface area contributed by atoms with E-state index in [1.54, 1.807) is 25.2 Å². The molecule has 9 atom stereocenters. The van der Waals surface area contributed by atoms with Crippen molar-refractivity contribution in [1.82, 2.24) is 25.5 Å². The number of likely N-dealkylation sites (N-methyl/N-ethyl adjacent to an activating group) is 2. The van der Waals surface area contributed by atoms with Crippen molar-refractivity contribution in [3.63, 3.8) is 0 Å². The van der Waals surface area contributed by atoms with Gasteiger partial charge in [-0.15, -0.1) is 0 Å². The molecule has 2 amide bonds. The third-order valence-electron chi connectivity index (χ3n) is 12.8. The summed E-state index contributed by atoms with van der Waals surface area (Å²) in [4.78, 5) is 38.2. The maximum absolute atomic E-state index is 14.3. The number of ether oxygens (including phenoxy) is 1. The zero-order chi connectivity index (χ0) is 41.5. The van der Waals surface area contributed by atoms with Gasteiger partial charge in [0.05, 0.1) is 26.4 Å². The van der Waals surface area contributed by atoms with Crippen LogP contribution in [0.1, 0.15) is 91.7 Å². The SMILES string of the molecule is C=C(/C=C(\C=C\C(=O)N[C@@H](CC(C)C)CN(C)C)c1cccc(CN2O[C@@H](CO)[C@@H]([C@H](C)O)[C@H]2C(=O)N[C@H]2C[C@@H]3C[C@@H]([C@@H]2C)C3(C)C)c1OC)N(C)CCCC. The van der Waals surface area contributed by atoms with E-state index in [0.717, 1.165) is 61.2 Å². The minimum absolute atomic E-state index is 0.000245. The summed E-state index contributed by atoms with van der Waals surface area (Å²) in [6.07, 6.45) is 8.74. The van der Waals surface area contributed by atoms with Crippen LogP contribution >= 0.6 is 0 Å². The summed E-state index contributed by atoms with van der Waals surface area (Å²) in [5.41, 5.74) is 3.30. The molecule has 11 nitrogen and oxygen atoms in total. The molecule has 4 fully saturated rings. The molecule has 1 heterocycles. The van der Waals surface area contributed by atoms with Gasteiger partial charge in [-0.1, -0.05) is 72.7 Å². The zero-order valence-electron chi connectivity index (χ0n) is 36.2. The Hall–Kier alpha value is -3.22. The van der Waals surface area contributed by atoms with Gasteiger partial charge in [0.1, 0.15) is 17.9 Å². The van der Waals surface area contributed by atoms with E-state index in [0.29, 0.717) is 29.4 Å². The molecule has 1 aromatic carbocycles. The number of aliphatic hydroxyl groups excluding tert-OH is 2. The number of unbranched alkanes of at least 4 members (excludes halogenated alkanes) is 1. The summed E-state index contributed by atoms with van der Waals surface area (Å²) in [6, 6.07) is 4.99.